The molecule has 0 aliphatic carbocycles. The fraction of sp³-hybridized carbons (Fsp3) is 0.353. The summed E-state index contributed by atoms with van der Waals surface area (Å²) in [5, 5.41) is 3.27. The Labute approximate surface area is 130 Å². The van der Waals surface area contributed by atoms with Crippen LogP contribution < -0.4 is 10.6 Å². The molecule has 110 valence electrons. The molecule has 3 nitrogen and oxygen atoms in total. The lowest BCUT2D eigenvalue weighted by molar-refractivity contribution is 0.456. The van der Waals surface area contributed by atoms with E-state index in [1.54, 1.807) is 11.3 Å². The van der Waals surface area contributed by atoms with Gasteiger partial charge in [0.05, 0.1) is 5.69 Å². The standard InChI is InChI=1S/C17H21N3S/c1-12-4-3-5-15(10-12)16-11-21-17(19-16)20-8-6-14(7-9-20)13(2)18/h3-5,10-11,14H,2,6-9,18H2,1H3. The number of hydrogen-bond donors (Lipinski definition) is 1. The van der Waals surface area contributed by atoms with Gasteiger partial charge in [0.1, 0.15) is 0 Å². The minimum atomic E-state index is 0.470. The Kier molecular flexibility index (Phi) is 3.97. The van der Waals surface area contributed by atoms with Crippen molar-refractivity contribution in [3.05, 3.63) is 47.5 Å². The minimum Gasteiger partial charge on any atom is -0.402 e. The number of piperidine rings is 1. The molecular formula is C17H21N3S. The molecule has 2 N–H and O–H groups in total. The van der Waals surface area contributed by atoms with E-state index in [1.807, 2.05) is 0 Å². The van der Waals surface area contributed by atoms with Gasteiger partial charge in [-0.1, -0.05) is 30.3 Å². The van der Waals surface area contributed by atoms with Gasteiger partial charge in [-0.05, 0) is 25.8 Å². The summed E-state index contributed by atoms with van der Waals surface area (Å²) in [5.74, 6) is 0.470. The van der Waals surface area contributed by atoms with Gasteiger partial charge in [0.2, 0.25) is 0 Å². The Balaban J connectivity index is 1.73. The van der Waals surface area contributed by atoms with E-state index in [1.165, 1.54) is 11.1 Å². The van der Waals surface area contributed by atoms with Crippen molar-refractivity contribution in [2.45, 2.75) is 19.8 Å². The molecule has 0 unspecified atom stereocenters. The van der Waals surface area contributed by atoms with E-state index in [0.717, 1.165) is 42.5 Å². The van der Waals surface area contributed by atoms with Crippen LogP contribution in [0.2, 0.25) is 0 Å². The average Bonchev–Trinajstić information content (AvgIpc) is 2.97. The monoisotopic (exact) mass is 299 g/mol. The zero-order valence-electron chi connectivity index (χ0n) is 12.4. The Morgan fingerprint density at radius 1 is 1.38 bits per heavy atom. The molecule has 4 heteroatoms. The van der Waals surface area contributed by atoms with Crippen molar-refractivity contribution < 1.29 is 0 Å². The molecule has 1 aliphatic rings. The maximum atomic E-state index is 5.82. The Morgan fingerprint density at radius 3 is 2.81 bits per heavy atom. The first kappa shape index (κ1) is 14.1. The van der Waals surface area contributed by atoms with Crippen LogP contribution in [-0.4, -0.2) is 18.1 Å². The SMILES string of the molecule is C=C(N)C1CCN(c2nc(-c3cccc(C)c3)cs2)CC1. The van der Waals surface area contributed by atoms with Crippen LogP contribution in [0.5, 0.6) is 0 Å². The molecule has 2 heterocycles. The van der Waals surface area contributed by atoms with Crippen molar-refractivity contribution in [3.8, 4) is 11.3 Å². The van der Waals surface area contributed by atoms with Crippen molar-refractivity contribution in [2.24, 2.45) is 11.7 Å². The molecule has 0 radical (unpaired) electrons. The fourth-order valence-electron chi connectivity index (χ4n) is 2.79. The minimum absolute atomic E-state index is 0.470. The molecule has 1 aromatic carbocycles. The van der Waals surface area contributed by atoms with E-state index in [0.29, 0.717) is 5.92 Å². The van der Waals surface area contributed by atoms with Gasteiger partial charge >= 0.3 is 0 Å². The van der Waals surface area contributed by atoms with Crippen LogP contribution in [0.15, 0.2) is 41.9 Å². The summed E-state index contributed by atoms with van der Waals surface area (Å²) in [6.07, 6.45) is 2.16. The van der Waals surface area contributed by atoms with Crippen LogP contribution in [0.4, 0.5) is 5.13 Å². The molecule has 2 aromatic rings. The Bertz CT molecular complexity index is 639. The Morgan fingerprint density at radius 2 is 2.14 bits per heavy atom. The van der Waals surface area contributed by atoms with E-state index in [4.69, 9.17) is 10.7 Å². The van der Waals surface area contributed by atoms with Gasteiger partial charge in [-0.3, -0.25) is 0 Å². The molecule has 1 aromatic heterocycles. The lowest BCUT2D eigenvalue weighted by Crippen LogP contribution is -2.35. The summed E-state index contributed by atoms with van der Waals surface area (Å²) < 4.78 is 0. The normalized spacial score (nSPS) is 16.1. The van der Waals surface area contributed by atoms with Gasteiger partial charge < -0.3 is 10.6 Å². The van der Waals surface area contributed by atoms with Crippen molar-refractivity contribution in [1.82, 2.24) is 4.98 Å². The lowest BCUT2D eigenvalue weighted by atomic mass is 9.95. The highest BCUT2D eigenvalue weighted by Gasteiger charge is 2.22. The number of rotatable bonds is 3. The van der Waals surface area contributed by atoms with Gasteiger partial charge in [0.15, 0.2) is 5.13 Å². The summed E-state index contributed by atoms with van der Waals surface area (Å²) in [4.78, 5) is 7.17. The predicted octanol–water partition coefficient (Wildman–Crippen LogP) is 3.81. The molecule has 1 aliphatic heterocycles. The smallest absolute Gasteiger partial charge is 0.185 e. The van der Waals surface area contributed by atoms with Crippen molar-refractivity contribution in [3.63, 3.8) is 0 Å². The topological polar surface area (TPSA) is 42.1 Å². The number of hydrogen-bond acceptors (Lipinski definition) is 4. The maximum absolute atomic E-state index is 5.82. The molecule has 1 saturated heterocycles. The second kappa shape index (κ2) is 5.90. The summed E-state index contributed by atoms with van der Waals surface area (Å²) in [5.41, 5.74) is 10.2. The van der Waals surface area contributed by atoms with Crippen LogP contribution in [0, 0.1) is 12.8 Å². The predicted molar refractivity (Wildman–Crippen MR) is 90.6 cm³/mol. The van der Waals surface area contributed by atoms with Gasteiger partial charge in [-0.2, -0.15) is 0 Å². The first-order valence-electron chi connectivity index (χ1n) is 7.35. The number of aryl methyl sites for hydroxylation is 1. The van der Waals surface area contributed by atoms with Crippen LogP contribution in [0.25, 0.3) is 11.3 Å². The third-order valence-electron chi connectivity index (χ3n) is 4.10. The lowest BCUT2D eigenvalue weighted by Gasteiger charge is -2.31. The maximum Gasteiger partial charge on any atom is 0.185 e. The summed E-state index contributed by atoms with van der Waals surface area (Å²) in [7, 11) is 0. The zero-order valence-corrected chi connectivity index (χ0v) is 13.2. The fourth-order valence-corrected chi connectivity index (χ4v) is 3.68. The van der Waals surface area contributed by atoms with E-state index in [2.05, 4.69) is 48.0 Å². The van der Waals surface area contributed by atoms with Crippen LogP contribution in [0.3, 0.4) is 0 Å². The number of nitrogens with zero attached hydrogens (tertiary/aromatic N) is 2. The molecule has 0 spiro atoms. The highest BCUT2D eigenvalue weighted by Crippen LogP contribution is 2.31. The third kappa shape index (κ3) is 3.10. The van der Waals surface area contributed by atoms with Gasteiger partial charge in [0, 0.05) is 35.6 Å². The number of aromatic nitrogens is 1. The number of anilines is 1. The zero-order chi connectivity index (χ0) is 14.8. The second-order valence-electron chi connectivity index (χ2n) is 5.72. The molecule has 21 heavy (non-hydrogen) atoms. The number of nitrogens with two attached hydrogens (primary N) is 1. The summed E-state index contributed by atoms with van der Waals surface area (Å²) in [6, 6.07) is 8.50. The third-order valence-corrected chi connectivity index (χ3v) is 5.00. The number of benzene rings is 1. The van der Waals surface area contributed by atoms with E-state index in [9.17, 15) is 0 Å². The quantitative estimate of drug-likeness (QED) is 0.937. The molecule has 0 saturated carbocycles. The van der Waals surface area contributed by atoms with Crippen LogP contribution in [-0.2, 0) is 0 Å². The molecular weight excluding hydrogens is 278 g/mol. The van der Waals surface area contributed by atoms with Crippen molar-refractivity contribution in [2.75, 3.05) is 18.0 Å². The molecule has 0 bridgehead atoms. The molecule has 0 amide bonds. The first-order valence-corrected chi connectivity index (χ1v) is 8.23. The molecule has 0 atom stereocenters. The van der Waals surface area contributed by atoms with Gasteiger partial charge in [0.25, 0.3) is 0 Å². The molecule has 3 rings (SSSR count). The van der Waals surface area contributed by atoms with E-state index >= 15 is 0 Å². The van der Waals surface area contributed by atoms with Gasteiger partial charge in [-0.25, -0.2) is 4.98 Å². The number of allylic oxidation sites excluding steroid dienone is 1. The average molecular weight is 299 g/mol. The Hall–Kier alpha value is -1.81. The highest BCUT2D eigenvalue weighted by atomic mass is 32.1. The van der Waals surface area contributed by atoms with E-state index < -0.39 is 0 Å². The number of thiazole rings is 1. The van der Waals surface area contributed by atoms with Crippen LogP contribution >= 0.6 is 11.3 Å². The van der Waals surface area contributed by atoms with Crippen molar-refractivity contribution >= 4 is 16.5 Å². The second-order valence-corrected chi connectivity index (χ2v) is 6.56. The van der Waals surface area contributed by atoms with Crippen LogP contribution in [0.1, 0.15) is 18.4 Å². The largest absolute Gasteiger partial charge is 0.402 e. The molecule has 1 fully saturated rings. The summed E-state index contributed by atoms with van der Waals surface area (Å²) in [6.45, 7) is 8.02. The van der Waals surface area contributed by atoms with Gasteiger partial charge in [-0.15, -0.1) is 11.3 Å². The van der Waals surface area contributed by atoms with Crippen molar-refractivity contribution in [1.29, 1.82) is 0 Å². The summed E-state index contributed by atoms with van der Waals surface area (Å²) >= 11 is 1.73. The van der Waals surface area contributed by atoms with E-state index in [-0.39, 0.29) is 0 Å². The highest BCUT2D eigenvalue weighted by molar-refractivity contribution is 7.14. The first-order chi connectivity index (χ1) is 10.1.